The van der Waals surface area contributed by atoms with Gasteiger partial charge in [-0.15, -0.1) is 0 Å². The van der Waals surface area contributed by atoms with Crippen LogP contribution in [-0.2, 0) is 28.8 Å². The minimum absolute atomic E-state index is 0.0221. The zero-order valence-corrected chi connectivity index (χ0v) is 16.7. The molecule has 1 aliphatic carbocycles. The zero-order chi connectivity index (χ0) is 18.9. The van der Waals surface area contributed by atoms with Crippen LogP contribution in [-0.4, -0.2) is 29.9 Å². The first-order valence-corrected chi connectivity index (χ1v) is 10.0. The van der Waals surface area contributed by atoms with E-state index in [1.165, 1.54) is 0 Å². The highest BCUT2D eigenvalue weighted by Gasteiger charge is 2.74. The van der Waals surface area contributed by atoms with Crippen molar-refractivity contribution in [1.82, 2.24) is 0 Å². The Balaban J connectivity index is 1.75. The molecule has 5 rings (SSSR count). The summed E-state index contributed by atoms with van der Waals surface area (Å²) in [6.45, 7) is 12.2. The van der Waals surface area contributed by atoms with Crippen molar-refractivity contribution in [3.63, 3.8) is 0 Å². The van der Waals surface area contributed by atoms with Crippen molar-refractivity contribution < 1.29 is 28.8 Å². The summed E-state index contributed by atoms with van der Waals surface area (Å²) in [5.41, 5.74) is -0.929. The molecule has 1 saturated carbocycles. The third-order valence-corrected chi connectivity index (χ3v) is 7.60. The SMILES string of the molecule is CC(C)C(=O)O[C@@H]1O[C@@H]2O[C@@]3(C)CC[C@H]4[C@H](C)CC[C@@](C)([C@H]1C)[C@@]24OO3. The number of hydrogen-bond acceptors (Lipinski definition) is 6. The summed E-state index contributed by atoms with van der Waals surface area (Å²) < 4.78 is 18.3. The number of fused-ring (bicyclic) bond motifs is 2. The van der Waals surface area contributed by atoms with Crippen molar-refractivity contribution in [3.8, 4) is 0 Å². The monoisotopic (exact) mass is 368 g/mol. The molecule has 5 aliphatic rings. The minimum atomic E-state index is -0.818. The number of ether oxygens (including phenoxy) is 3. The Kier molecular flexibility index (Phi) is 4.24. The van der Waals surface area contributed by atoms with Crippen LogP contribution in [0.5, 0.6) is 0 Å². The van der Waals surface area contributed by atoms with Crippen LogP contribution in [0.4, 0.5) is 0 Å². The summed E-state index contributed by atoms with van der Waals surface area (Å²) in [6.07, 6.45) is 2.60. The Morgan fingerprint density at radius 3 is 2.54 bits per heavy atom. The second kappa shape index (κ2) is 5.90. The van der Waals surface area contributed by atoms with E-state index in [0.717, 1.165) is 25.7 Å². The fourth-order valence-corrected chi connectivity index (χ4v) is 5.55. The van der Waals surface area contributed by atoms with E-state index in [2.05, 4.69) is 20.8 Å². The number of carbonyl (C=O) groups is 1. The Morgan fingerprint density at radius 2 is 1.85 bits per heavy atom. The van der Waals surface area contributed by atoms with Crippen LogP contribution >= 0.6 is 0 Å². The van der Waals surface area contributed by atoms with E-state index in [9.17, 15) is 4.79 Å². The van der Waals surface area contributed by atoms with E-state index in [4.69, 9.17) is 24.0 Å². The molecule has 2 bridgehead atoms. The lowest BCUT2D eigenvalue weighted by Crippen LogP contribution is -2.74. The molecule has 0 aromatic rings. The van der Waals surface area contributed by atoms with Gasteiger partial charge < -0.3 is 14.2 Å². The molecule has 0 N–H and O–H groups in total. The first kappa shape index (κ1) is 18.7. The average molecular weight is 368 g/mol. The molecule has 26 heavy (non-hydrogen) atoms. The summed E-state index contributed by atoms with van der Waals surface area (Å²) in [5, 5.41) is 0. The molecule has 0 unspecified atom stereocenters. The van der Waals surface area contributed by atoms with Crippen LogP contribution in [0, 0.1) is 29.1 Å². The normalized spacial score (nSPS) is 53.1. The molecule has 0 aromatic heterocycles. The third-order valence-electron chi connectivity index (χ3n) is 7.60. The molecule has 148 valence electrons. The van der Waals surface area contributed by atoms with Crippen molar-refractivity contribution in [2.75, 3.05) is 0 Å². The van der Waals surface area contributed by atoms with Crippen LogP contribution in [0.2, 0.25) is 0 Å². The lowest BCUT2D eigenvalue weighted by Gasteiger charge is -2.65. The zero-order valence-electron chi connectivity index (χ0n) is 16.7. The predicted molar refractivity (Wildman–Crippen MR) is 92.4 cm³/mol. The fraction of sp³-hybridized carbons (Fsp3) is 0.950. The van der Waals surface area contributed by atoms with Crippen LogP contribution < -0.4 is 0 Å². The first-order valence-electron chi connectivity index (χ1n) is 10.0. The number of esters is 1. The lowest BCUT2D eigenvalue weighted by atomic mass is 9.50. The third kappa shape index (κ3) is 2.35. The second-order valence-electron chi connectivity index (χ2n) is 9.51. The maximum atomic E-state index is 12.2. The summed E-state index contributed by atoms with van der Waals surface area (Å²) >= 11 is 0. The molecule has 0 aromatic carbocycles. The predicted octanol–water partition coefficient (Wildman–Crippen LogP) is 3.78. The number of rotatable bonds is 2. The lowest BCUT2D eigenvalue weighted by molar-refractivity contribution is -0.586. The summed E-state index contributed by atoms with van der Waals surface area (Å²) in [6, 6.07) is 0. The quantitative estimate of drug-likeness (QED) is 0.546. The van der Waals surface area contributed by atoms with Gasteiger partial charge in [0.05, 0.1) is 5.92 Å². The Hall–Kier alpha value is -0.690. The molecule has 0 amide bonds. The first-order chi connectivity index (χ1) is 12.1. The van der Waals surface area contributed by atoms with Gasteiger partial charge in [-0.25, -0.2) is 9.78 Å². The standard InChI is InChI=1S/C20H32O6/c1-11(2)15(21)22-16-13(4)18(5)9-7-12(3)14-8-10-19(6)24-17(23-16)20(14,18)26-25-19/h11-14,16-17H,7-10H2,1-6H3/t12-,13+,14+,16-,17-,18+,19-,20+/m1/s1. The molecular formula is C20H32O6. The Morgan fingerprint density at radius 1 is 1.12 bits per heavy atom. The van der Waals surface area contributed by atoms with Gasteiger partial charge in [-0.3, -0.25) is 4.79 Å². The molecule has 4 heterocycles. The topological polar surface area (TPSA) is 63.2 Å². The maximum absolute atomic E-state index is 12.2. The highest BCUT2D eigenvalue weighted by molar-refractivity contribution is 5.71. The van der Waals surface area contributed by atoms with Gasteiger partial charge in [0, 0.05) is 17.8 Å². The molecule has 0 radical (unpaired) electrons. The minimum Gasteiger partial charge on any atom is -0.435 e. The average Bonchev–Trinajstić information content (AvgIpc) is 2.81. The van der Waals surface area contributed by atoms with Crippen molar-refractivity contribution in [3.05, 3.63) is 0 Å². The molecule has 8 atom stereocenters. The van der Waals surface area contributed by atoms with Crippen molar-refractivity contribution in [1.29, 1.82) is 0 Å². The van der Waals surface area contributed by atoms with Gasteiger partial charge in [-0.05, 0) is 38.0 Å². The molecule has 4 aliphatic heterocycles. The summed E-state index contributed by atoms with van der Waals surface area (Å²) in [7, 11) is 0. The van der Waals surface area contributed by atoms with Gasteiger partial charge in [-0.1, -0.05) is 34.6 Å². The second-order valence-corrected chi connectivity index (χ2v) is 9.51. The van der Waals surface area contributed by atoms with E-state index in [1.807, 2.05) is 20.8 Å². The van der Waals surface area contributed by atoms with Crippen LogP contribution in [0.1, 0.15) is 67.2 Å². The molecule has 4 saturated heterocycles. The van der Waals surface area contributed by atoms with Crippen LogP contribution in [0.25, 0.3) is 0 Å². The molecule has 5 fully saturated rings. The number of hydrogen-bond donors (Lipinski definition) is 0. The largest absolute Gasteiger partial charge is 0.435 e. The summed E-state index contributed by atoms with van der Waals surface area (Å²) in [5.74, 6) is -0.489. The molecule has 1 spiro atoms. The van der Waals surface area contributed by atoms with E-state index in [1.54, 1.807) is 0 Å². The summed E-state index contributed by atoms with van der Waals surface area (Å²) in [4.78, 5) is 24.2. The van der Waals surface area contributed by atoms with E-state index in [0.29, 0.717) is 11.8 Å². The van der Waals surface area contributed by atoms with Crippen LogP contribution in [0.15, 0.2) is 0 Å². The van der Waals surface area contributed by atoms with E-state index in [-0.39, 0.29) is 23.2 Å². The Bertz CT molecular complexity index is 593. The van der Waals surface area contributed by atoms with Crippen molar-refractivity contribution in [2.24, 2.45) is 29.1 Å². The number of carbonyl (C=O) groups excluding carboxylic acids is 1. The highest BCUT2D eigenvalue weighted by atomic mass is 17.3. The van der Waals surface area contributed by atoms with Gasteiger partial charge in [0.1, 0.15) is 0 Å². The molecule has 6 nitrogen and oxygen atoms in total. The maximum Gasteiger partial charge on any atom is 0.310 e. The van der Waals surface area contributed by atoms with E-state index >= 15 is 0 Å². The Labute approximate surface area is 155 Å². The smallest absolute Gasteiger partial charge is 0.310 e. The highest BCUT2D eigenvalue weighted by Crippen LogP contribution is 2.66. The molecule has 6 heteroatoms. The molecular weight excluding hydrogens is 336 g/mol. The fourth-order valence-electron chi connectivity index (χ4n) is 5.55. The van der Waals surface area contributed by atoms with Gasteiger partial charge in [0.25, 0.3) is 0 Å². The van der Waals surface area contributed by atoms with Gasteiger partial charge in [-0.2, -0.15) is 0 Å². The van der Waals surface area contributed by atoms with Crippen molar-refractivity contribution in [2.45, 2.75) is 91.2 Å². The van der Waals surface area contributed by atoms with E-state index < -0.39 is 24.0 Å². The van der Waals surface area contributed by atoms with Crippen LogP contribution in [0.3, 0.4) is 0 Å². The van der Waals surface area contributed by atoms with Gasteiger partial charge in [0.15, 0.2) is 11.9 Å². The van der Waals surface area contributed by atoms with Crippen molar-refractivity contribution >= 4 is 5.97 Å². The van der Waals surface area contributed by atoms with Gasteiger partial charge in [0.2, 0.25) is 12.1 Å². The van der Waals surface area contributed by atoms with Gasteiger partial charge >= 0.3 is 5.97 Å².